The maximum atomic E-state index is 13.0. The summed E-state index contributed by atoms with van der Waals surface area (Å²) in [7, 11) is 0. The lowest BCUT2D eigenvalue weighted by atomic mass is 9.96. The monoisotopic (exact) mass is 384 g/mol. The number of hydrogen-bond acceptors (Lipinski definition) is 5. The van der Waals surface area contributed by atoms with E-state index in [0.29, 0.717) is 11.4 Å². The van der Waals surface area contributed by atoms with Crippen molar-refractivity contribution in [3.8, 4) is 12.3 Å². The maximum absolute atomic E-state index is 13.0. The van der Waals surface area contributed by atoms with E-state index in [9.17, 15) is 9.59 Å². The molecule has 0 saturated carbocycles. The lowest BCUT2D eigenvalue weighted by molar-refractivity contribution is -0.161. The molecule has 0 saturated heterocycles. The van der Waals surface area contributed by atoms with Gasteiger partial charge in [0.25, 0.3) is 0 Å². The molecule has 0 aromatic heterocycles. The highest BCUT2D eigenvalue weighted by atomic mass is 16.6. The number of esters is 1. The van der Waals surface area contributed by atoms with Gasteiger partial charge in [-0.1, -0.05) is 30.3 Å². The number of ether oxygens (including phenoxy) is 2. The van der Waals surface area contributed by atoms with Crippen molar-refractivity contribution >= 4 is 17.9 Å². The third kappa shape index (κ3) is 5.13. The Labute approximate surface area is 166 Å². The fraction of sp³-hybridized carbons (Fsp3) is 0.500. The van der Waals surface area contributed by atoms with Gasteiger partial charge in [-0.05, 0) is 41.5 Å². The van der Waals surface area contributed by atoms with Crippen LogP contribution < -0.4 is 0 Å². The molecule has 0 fully saturated rings. The average molecular weight is 384 g/mol. The molecule has 1 aromatic carbocycles. The minimum Gasteiger partial charge on any atom is -0.458 e. The van der Waals surface area contributed by atoms with Crippen molar-refractivity contribution in [2.24, 2.45) is 4.99 Å². The molecule has 1 amide bonds. The fourth-order valence-corrected chi connectivity index (χ4v) is 2.73. The first-order valence-electron chi connectivity index (χ1n) is 9.20. The van der Waals surface area contributed by atoms with Crippen molar-refractivity contribution in [2.75, 3.05) is 6.54 Å². The maximum Gasteiger partial charge on any atom is 0.416 e. The Morgan fingerprint density at radius 3 is 2.18 bits per heavy atom. The molecule has 1 atom stereocenters. The summed E-state index contributed by atoms with van der Waals surface area (Å²) in [6, 6.07) is 9.16. The molecule has 1 heterocycles. The highest BCUT2D eigenvalue weighted by Crippen LogP contribution is 2.31. The lowest BCUT2D eigenvalue weighted by Crippen LogP contribution is -2.48. The first-order valence-corrected chi connectivity index (χ1v) is 9.20. The van der Waals surface area contributed by atoms with Crippen LogP contribution in [0.4, 0.5) is 4.79 Å². The smallest absolute Gasteiger partial charge is 0.416 e. The van der Waals surface area contributed by atoms with E-state index in [2.05, 4.69) is 10.9 Å². The van der Waals surface area contributed by atoms with Gasteiger partial charge in [0.15, 0.2) is 5.54 Å². The van der Waals surface area contributed by atoms with Crippen LogP contribution in [0.2, 0.25) is 0 Å². The fourth-order valence-electron chi connectivity index (χ4n) is 2.73. The molecular formula is C22H28N2O4. The van der Waals surface area contributed by atoms with Gasteiger partial charge in [0.1, 0.15) is 17.0 Å². The zero-order valence-electron chi connectivity index (χ0n) is 17.4. The van der Waals surface area contributed by atoms with Crippen LogP contribution in [-0.4, -0.2) is 46.1 Å². The summed E-state index contributed by atoms with van der Waals surface area (Å²) in [5.74, 6) is 2.30. The Morgan fingerprint density at radius 1 is 1.11 bits per heavy atom. The van der Waals surface area contributed by atoms with Gasteiger partial charge in [-0.15, -0.1) is 12.3 Å². The molecule has 0 spiro atoms. The van der Waals surface area contributed by atoms with Gasteiger partial charge in [-0.2, -0.15) is 0 Å². The second-order valence-corrected chi connectivity index (χ2v) is 8.78. The van der Waals surface area contributed by atoms with Crippen LogP contribution in [0, 0.1) is 12.3 Å². The molecule has 0 radical (unpaired) electrons. The largest absolute Gasteiger partial charge is 0.458 e. The first-order chi connectivity index (χ1) is 12.9. The minimum absolute atomic E-state index is 0.0115. The van der Waals surface area contributed by atoms with Crippen LogP contribution in [-0.2, 0) is 14.3 Å². The number of carbonyl (C=O) groups excluding carboxylic acids is 2. The van der Waals surface area contributed by atoms with Crippen LogP contribution in [0.1, 0.15) is 53.5 Å². The normalized spacial score (nSPS) is 19.6. The van der Waals surface area contributed by atoms with Crippen LogP contribution in [0.15, 0.2) is 35.3 Å². The molecule has 0 unspecified atom stereocenters. The Hall–Kier alpha value is -2.81. The van der Waals surface area contributed by atoms with Crippen LogP contribution in [0.5, 0.6) is 0 Å². The summed E-state index contributed by atoms with van der Waals surface area (Å²) in [5, 5.41) is 0. The molecule has 0 bridgehead atoms. The summed E-state index contributed by atoms with van der Waals surface area (Å²) < 4.78 is 11.1. The summed E-state index contributed by atoms with van der Waals surface area (Å²) >= 11 is 0. The minimum atomic E-state index is -1.37. The van der Waals surface area contributed by atoms with Crippen LogP contribution in [0.3, 0.4) is 0 Å². The molecule has 150 valence electrons. The first kappa shape index (κ1) is 21.5. The van der Waals surface area contributed by atoms with Crippen molar-refractivity contribution in [1.82, 2.24) is 4.90 Å². The van der Waals surface area contributed by atoms with Crippen molar-refractivity contribution in [1.29, 1.82) is 0 Å². The van der Waals surface area contributed by atoms with Crippen LogP contribution >= 0.6 is 0 Å². The Balaban J connectivity index is 2.51. The molecule has 0 aliphatic carbocycles. The van der Waals surface area contributed by atoms with Crippen molar-refractivity contribution in [2.45, 2.75) is 64.7 Å². The number of carbonyl (C=O) groups is 2. The molecular weight excluding hydrogens is 356 g/mol. The van der Waals surface area contributed by atoms with E-state index in [1.807, 2.05) is 30.3 Å². The van der Waals surface area contributed by atoms with Gasteiger partial charge in [-0.3, -0.25) is 4.90 Å². The van der Waals surface area contributed by atoms with Gasteiger partial charge >= 0.3 is 12.1 Å². The van der Waals surface area contributed by atoms with E-state index in [-0.39, 0.29) is 13.0 Å². The zero-order chi connectivity index (χ0) is 21.2. The van der Waals surface area contributed by atoms with Crippen LogP contribution in [0.25, 0.3) is 0 Å². The number of benzene rings is 1. The Bertz CT molecular complexity index is 810. The van der Waals surface area contributed by atoms with E-state index in [4.69, 9.17) is 15.9 Å². The van der Waals surface area contributed by atoms with E-state index in [0.717, 1.165) is 0 Å². The molecule has 1 aliphatic heterocycles. The second-order valence-electron chi connectivity index (χ2n) is 8.78. The Kier molecular flexibility index (Phi) is 5.88. The number of aliphatic imine (C=N–C) groups is 1. The highest BCUT2D eigenvalue weighted by Gasteiger charge is 2.50. The molecule has 6 heteroatoms. The van der Waals surface area contributed by atoms with Crippen molar-refractivity contribution < 1.29 is 19.1 Å². The predicted octanol–water partition coefficient (Wildman–Crippen LogP) is 3.79. The summed E-state index contributed by atoms with van der Waals surface area (Å²) in [5.41, 5.74) is -2.08. The number of rotatable bonds is 3. The van der Waals surface area contributed by atoms with Gasteiger partial charge in [0.05, 0.1) is 6.54 Å². The summed E-state index contributed by atoms with van der Waals surface area (Å²) in [4.78, 5) is 31.8. The summed E-state index contributed by atoms with van der Waals surface area (Å²) in [6.07, 6.45) is 4.97. The van der Waals surface area contributed by atoms with E-state index < -0.39 is 28.8 Å². The number of terminal acetylenes is 1. The SMILES string of the molecule is C#CC[C@@]1(C(=O)OC(C)(C)C)CN(C(=O)OC(C)(C)C)C(c2ccccc2)=N1. The number of amidine groups is 1. The average Bonchev–Trinajstić information content (AvgIpc) is 2.94. The molecule has 0 N–H and O–H groups in total. The van der Waals surface area contributed by atoms with E-state index in [1.54, 1.807) is 41.5 Å². The standard InChI is InChI=1S/C22H28N2O4/c1-8-14-22(18(25)27-20(2,3)4)15-24(19(26)28-21(5,6)7)17(23-22)16-12-10-9-11-13-16/h1,9-13H,14-15H2,2-7H3/t22-/m0/s1. The van der Waals surface area contributed by atoms with Gasteiger partial charge in [0, 0.05) is 12.0 Å². The van der Waals surface area contributed by atoms with E-state index in [1.165, 1.54) is 4.90 Å². The number of hydrogen-bond donors (Lipinski definition) is 0. The van der Waals surface area contributed by atoms with Gasteiger partial charge in [0.2, 0.25) is 0 Å². The molecule has 1 aliphatic rings. The lowest BCUT2D eigenvalue weighted by Gasteiger charge is -2.29. The highest BCUT2D eigenvalue weighted by molar-refractivity contribution is 6.10. The van der Waals surface area contributed by atoms with E-state index >= 15 is 0 Å². The Morgan fingerprint density at radius 2 is 1.68 bits per heavy atom. The topological polar surface area (TPSA) is 68.2 Å². The molecule has 28 heavy (non-hydrogen) atoms. The second kappa shape index (κ2) is 7.67. The van der Waals surface area contributed by atoms with Gasteiger partial charge in [-0.25, -0.2) is 14.6 Å². The van der Waals surface area contributed by atoms with Crippen molar-refractivity contribution in [3.05, 3.63) is 35.9 Å². The third-order valence-corrected chi connectivity index (χ3v) is 3.81. The van der Waals surface area contributed by atoms with Crippen molar-refractivity contribution in [3.63, 3.8) is 0 Å². The number of amides is 1. The molecule has 2 rings (SSSR count). The quantitative estimate of drug-likeness (QED) is 0.587. The summed E-state index contributed by atoms with van der Waals surface area (Å²) in [6.45, 7) is 10.6. The number of nitrogens with zero attached hydrogens (tertiary/aromatic N) is 2. The predicted molar refractivity (Wildman–Crippen MR) is 108 cm³/mol. The molecule has 1 aromatic rings. The zero-order valence-corrected chi connectivity index (χ0v) is 17.4. The van der Waals surface area contributed by atoms with Gasteiger partial charge < -0.3 is 9.47 Å². The molecule has 6 nitrogen and oxygen atoms in total. The third-order valence-electron chi connectivity index (χ3n) is 3.81.